The summed E-state index contributed by atoms with van der Waals surface area (Å²) in [5.74, 6) is 0.577. The minimum Gasteiger partial charge on any atom is -0.359 e. The van der Waals surface area contributed by atoms with Crippen molar-refractivity contribution in [3.05, 3.63) is 60.0 Å². The molecule has 5 nitrogen and oxygen atoms in total. The van der Waals surface area contributed by atoms with E-state index >= 15 is 0 Å². The number of anilines is 3. The van der Waals surface area contributed by atoms with Crippen molar-refractivity contribution in [2.75, 3.05) is 16.8 Å². The SMILES string of the molecule is Cc1noc(C)c1NC(=O)CCN1c2ccccc2Sc2ccccc21. The number of nitrogens with zero attached hydrogens (tertiary/aromatic N) is 2. The van der Waals surface area contributed by atoms with Crippen LogP contribution in [0.4, 0.5) is 17.1 Å². The molecule has 0 bridgehead atoms. The Morgan fingerprint density at radius 2 is 1.69 bits per heavy atom. The maximum atomic E-state index is 12.5. The van der Waals surface area contributed by atoms with Gasteiger partial charge in [-0.25, -0.2) is 0 Å². The fourth-order valence-electron chi connectivity index (χ4n) is 3.10. The van der Waals surface area contributed by atoms with E-state index in [9.17, 15) is 4.79 Å². The summed E-state index contributed by atoms with van der Waals surface area (Å²) in [6.07, 6.45) is 0.372. The lowest BCUT2D eigenvalue weighted by Gasteiger charge is -2.32. The summed E-state index contributed by atoms with van der Waals surface area (Å²) in [6, 6.07) is 16.6. The number of carbonyl (C=O) groups excluding carboxylic acids is 1. The van der Waals surface area contributed by atoms with E-state index in [2.05, 4.69) is 39.6 Å². The molecule has 0 saturated heterocycles. The normalized spacial score (nSPS) is 12.5. The van der Waals surface area contributed by atoms with Crippen LogP contribution in [-0.2, 0) is 4.79 Å². The van der Waals surface area contributed by atoms with Crippen LogP contribution in [-0.4, -0.2) is 17.6 Å². The van der Waals surface area contributed by atoms with Gasteiger partial charge < -0.3 is 14.7 Å². The van der Waals surface area contributed by atoms with E-state index in [4.69, 9.17) is 4.52 Å². The summed E-state index contributed by atoms with van der Waals surface area (Å²) in [6.45, 7) is 4.22. The fraction of sp³-hybridized carbons (Fsp3) is 0.200. The summed E-state index contributed by atoms with van der Waals surface area (Å²) < 4.78 is 5.11. The van der Waals surface area contributed by atoms with Crippen LogP contribution >= 0.6 is 11.8 Å². The smallest absolute Gasteiger partial charge is 0.226 e. The largest absolute Gasteiger partial charge is 0.359 e. The van der Waals surface area contributed by atoms with Crippen LogP contribution in [0.2, 0.25) is 0 Å². The zero-order valence-corrected chi connectivity index (χ0v) is 15.5. The number of nitrogens with one attached hydrogen (secondary N) is 1. The summed E-state index contributed by atoms with van der Waals surface area (Å²) in [5.41, 5.74) is 3.65. The Morgan fingerprint density at radius 3 is 2.27 bits per heavy atom. The zero-order valence-electron chi connectivity index (χ0n) is 14.7. The van der Waals surface area contributed by atoms with Crippen LogP contribution in [0.25, 0.3) is 0 Å². The maximum Gasteiger partial charge on any atom is 0.226 e. The van der Waals surface area contributed by atoms with Crippen LogP contribution < -0.4 is 10.2 Å². The highest BCUT2D eigenvalue weighted by Gasteiger charge is 2.23. The zero-order chi connectivity index (χ0) is 18.1. The molecule has 0 unspecified atom stereocenters. The van der Waals surface area contributed by atoms with Gasteiger partial charge in [0.2, 0.25) is 5.91 Å². The van der Waals surface area contributed by atoms with Crippen molar-refractivity contribution in [1.82, 2.24) is 5.16 Å². The van der Waals surface area contributed by atoms with Gasteiger partial charge >= 0.3 is 0 Å². The fourth-order valence-corrected chi connectivity index (χ4v) is 4.19. The van der Waals surface area contributed by atoms with Gasteiger partial charge in [-0.05, 0) is 38.1 Å². The Kier molecular flexibility index (Phi) is 4.42. The molecule has 1 aliphatic heterocycles. The van der Waals surface area contributed by atoms with Crippen molar-refractivity contribution >= 4 is 34.7 Å². The number of hydrogen-bond acceptors (Lipinski definition) is 5. The average Bonchev–Trinajstić information content (AvgIpc) is 2.97. The van der Waals surface area contributed by atoms with Crippen molar-refractivity contribution in [3.8, 4) is 0 Å². The molecule has 2 heterocycles. The van der Waals surface area contributed by atoms with Crippen LogP contribution in [0.15, 0.2) is 62.8 Å². The third kappa shape index (κ3) is 3.08. The number of hydrogen-bond donors (Lipinski definition) is 1. The lowest BCUT2D eigenvalue weighted by atomic mass is 10.2. The van der Waals surface area contributed by atoms with Crippen molar-refractivity contribution in [3.63, 3.8) is 0 Å². The van der Waals surface area contributed by atoms with Crippen LogP contribution in [0.1, 0.15) is 17.9 Å². The minimum atomic E-state index is -0.0485. The third-order valence-corrected chi connectivity index (χ3v) is 5.52. The molecular formula is C20H19N3O2S. The van der Waals surface area contributed by atoms with Gasteiger partial charge in [0, 0.05) is 22.8 Å². The Morgan fingerprint density at radius 1 is 1.08 bits per heavy atom. The van der Waals surface area contributed by atoms with E-state index in [0.717, 1.165) is 11.4 Å². The second-order valence-corrected chi connectivity index (χ2v) is 7.27. The number of carbonyl (C=O) groups is 1. The van der Waals surface area contributed by atoms with E-state index in [1.165, 1.54) is 9.79 Å². The molecule has 0 fully saturated rings. The van der Waals surface area contributed by atoms with Crippen LogP contribution in [0, 0.1) is 13.8 Å². The molecule has 0 saturated carbocycles. The molecule has 1 N–H and O–H groups in total. The first-order chi connectivity index (χ1) is 12.6. The highest BCUT2D eigenvalue weighted by Crippen LogP contribution is 2.47. The number of rotatable bonds is 4. The lowest BCUT2D eigenvalue weighted by molar-refractivity contribution is -0.116. The highest BCUT2D eigenvalue weighted by atomic mass is 32.2. The number of benzene rings is 2. The van der Waals surface area contributed by atoms with Crippen molar-refractivity contribution in [1.29, 1.82) is 0 Å². The highest BCUT2D eigenvalue weighted by molar-refractivity contribution is 7.99. The second-order valence-electron chi connectivity index (χ2n) is 6.19. The lowest BCUT2D eigenvalue weighted by Crippen LogP contribution is -2.26. The van der Waals surface area contributed by atoms with Gasteiger partial charge in [-0.2, -0.15) is 0 Å². The molecule has 26 heavy (non-hydrogen) atoms. The molecule has 6 heteroatoms. The Balaban J connectivity index is 1.54. The van der Waals surface area contributed by atoms with Gasteiger partial charge in [0.1, 0.15) is 11.4 Å². The predicted molar refractivity (Wildman–Crippen MR) is 103 cm³/mol. The number of para-hydroxylation sites is 2. The Bertz CT molecular complexity index is 902. The number of aryl methyl sites for hydroxylation is 2. The quantitative estimate of drug-likeness (QED) is 0.711. The van der Waals surface area contributed by atoms with Gasteiger partial charge in [-0.3, -0.25) is 4.79 Å². The van der Waals surface area contributed by atoms with Crippen molar-refractivity contribution in [2.24, 2.45) is 0 Å². The van der Waals surface area contributed by atoms with E-state index in [0.29, 0.717) is 30.1 Å². The second kappa shape index (κ2) is 6.88. The Hall–Kier alpha value is -2.73. The number of fused-ring (bicyclic) bond motifs is 2. The molecule has 1 aromatic heterocycles. The van der Waals surface area contributed by atoms with Gasteiger partial charge in [0.05, 0.1) is 11.4 Å². The minimum absolute atomic E-state index is 0.0485. The van der Waals surface area contributed by atoms with E-state index in [1.54, 1.807) is 18.7 Å². The number of aromatic nitrogens is 1. The van der Waals surface area contributed by atoms with Crippen molar-refractivity contribution < 1.29 is 9.32 Å². The standard InChI is InChI=1S/C20H19N3O2S/c1-13-20(14(2)25-22-13)21-19(24)11-12-23-15-7-3-5-9-17(15)26-18-10-6-4-8-16(18)23/h3-10H,11-12H2,1-2H3,(H,21,24). The van der Waals surface area contributed by atoms with Crippen molar-refractivity contribution in [2.45, 2.75) is 30.1 Å². The molecule has 4 rings (SSSR count). The first kappa shape index (κ1) is 16.7. The third-order valence-electron chi connectivity index (χ3n) is 4.39. The molecule has 0 spiro atoms. The summed E-state index contributed by atoms with van der Waals surface area (Å²) in [5, 5.41) is 6.79. The summed E-state index contributed by atoms with van der Waals surface area (Å²) >= 11 is 1.77. The van der Waals surface area contributed by atoms with Gasteiger partial charge in [0.25, 0.3) is 0 Å². The van der Waals surface area contributed by atoms with Crippen LogP contribution in [0.5, 0.6) is 0 Å². The number of amides is 1. The monoisotopic (exact) mass is 365 g/mol. The van der Waals surface area contributed by atoms with E-state index < -0.39 is 0 Å². The molecule has 1 aliphatic rings. The van der Waals surface area contributed by atoms with Gasteiger partial charge in [0.15, 0.2) is 5.76 Å². The molecule has 132 valence electrons. The molecule has 0 aliphatic carbocycles. The van der Waals surface area contributed by atoms with E-state index in [-0.39, 0.29) is 5.91 Å². The molecule has 3 aromatic rings. The first-order valence-corrected chi connectivity index (χ1v) is 9.31. The molecular weight excluding hydrogens is 346 g/mol. The van der Waals surface area contributed by atoms with Gasteiger partial charge in [-0.15, -0.1) is 0 Å². The average molecular weight is 365 g/mol. The topological polar surface area (TPSA) is 58.4 Å². The summed E-state index contributed by atoms with van der Waals surface area (Å²) in [4.78, 5) is 17.1. The summed E-state index contributed by atoms with van der Waals surface area (Å²) in [7, 11) is 0. The first-order valence-electron chi connectivity index (χ1n) is 8.49. The molecule has 2 aromatic carbocycles. The van der Waals surface area contributed by atoms with Gasteiger partial charge in [-0.1, -0.05) is 41.2 Å². The molecule has 1 amide bonds. The van der Waals surface area contributed by atoms with E-state index in [1.807, 2.05) is 31.2 Å². The molecule has 0 radical (unpaired) electrons. The molecule has 0 atom stereocenters. The Labute approximate surface area is 156 Å². The maximum absolute atomic E-state index is 12.5. The van der Waals surface area contributed by atoms with Crippen LogP contribution in [0.3, 0.4) is 0 Å². The predicted octanol–water partition coefficient (Wildman–Crippen LogP) is 4.92.